The molecule has 114 valence electrons. The Morgan fingerprint density at radius 2 is 2.00 bits per heavy atom. The van der Waals surface area contributed by atoms with Crippen LogP contribution in [0.15, 0.2) is 11.6 Å². The molecule has 0 radical (unpaired) electrons. The van der Waals surface area contributed by atoms with Crippen LogP contribution in [0.5, 0.6) is 0 Å². The Bertz CT molecular complexity index is 550. The number of ether oxygens (including phenoxy) is 1. The van der Waals surface area contributed by atoms with E-state index >= 15 is 0 Å². The van der Waals surface area contributed by atoms with Crippen LogP contribution in [0.25, 0.3) is 0 Å². The summed E-state index contributed by atoms with van der Waals surface area (Å²) in [5.41, 5.74) is 2.28. The molecule has 0 bridgehead atoms. The largest absolute Gasteiger partial charge is 0.369 e. The van der Waals surface area contributed by atoms with Gasteiger partial charge < -0.3 is 4.74 Å². The number of hydrogen-bond acceptors (Lipinski definition) is 2. The first-order chi connectivity index (χ1) is 10.0. The first kappa shape index (κ1) is 12.9. The summed E-state index contributed by atoms with van der Waals surface area (Å²) in [7, 11) is 0. The summed E-state index contributed by atoms with van der Waals surface area (Å²) in [6.45, 7) is 4.97. The lowest BCUT2D eigenvalue weighted by atomic mass is 9.47. The number of epoxide rings is 1. The van der Waals surface area contributed by atoms with Gasteiger partial charge in [0.05, 0.1) is 12.2 Å². The standard InChI is InChI=1S/C19H26O2/c1-18-7-5-12(20)9-11(18)3-4-13-14(18)6-8-19(2)15(13)10-16-17(19)21-16/h9,13-17H,3-8,10H2,1-2H3/t13-,14+,15-,16-,17-,18+,19-/m1/s1. The molecule has 1 aliphatic heterocycles. The molecule has 0 aromatic heterocycles. The van der Waals surface area contributed by atoms with E-state index in [2.05, 4.69) is 13.8 Å². The normalized spacial score (nSPS) is 57.7. The first-order valence-electron chi connectivity index (χ1n) is 8.92. The van der Waals surface area contributed by atoms with Gasteiger partial charge in [-0.25, -0.2) is 0 Å². The molecule has 0 spiro atoms. The Balaban J connectivity index is 1.51. The van der Waals surface area contributed by atoms with Crippen LogP contribution >= 0.6 is 0 Å². The monoisotopic (exact) mass is 286 g/mol. The summed E-state index contributed by atoms with van der Waals surface area (Å²) in [5, 5.41) is 0. The number of ketones is 1. The van der Waals surface area contributed by atoms with E-state index in [4.69, 9.17) is 4.74 Å². The van der Waals surface area contributed by atoms with Crippen LogP contribution < -0.4 is 0 Å². The quantitative estimate of drug-likeness (QED) is 0.632. The summed E-state index contributed by atoms with van der Waals surface area (Å²) >= 11 is 0. The molecule has 3 saturated carbocycles. The van der Waals surface area contributed by atoms with Gasteiger partial charge in [0.15, 0.2) is 5.78 Å². The molecule has 4 aliphatic carbocycles. The summed E-state index contributed by atoms with van der Waals surface area (Å²) in [6.07, 6.45) is 11.6. The van der Waals surface area contributed by atoms with Gasteiger partial charge in [-0.05, 0) is 73.2 Å². The molecule has 0 N–H and O–H groups in total. The lowest BCUT2D eigenvalue weighted by Gasteiger charge is -2.57. The van der Waals surface area contributed by atoms with Crippen molar-refractivity contribution in [1.29, 1.82) is 0 Å². The van der Waals surface area contributed by atoms with Crippen LogP contribution in [0, 0.1) is 28.6 Å². The predicted molar refractivity (Wildman–Crippen MR) is 80.8 cm³/mol. The SMILES string of the molecule is C[C@@]12CC[C@H]3[C@@H](CCC4=CC(=O)CC[C@@]43C)[C@H]1C[C@H]1O[C@H]12. The van der Waals surface area contributed by atoms with Gasteiger partial charge in [0.2, 0.25) is 0 Å². The smallest absolute Gasteiger partial charge is 0.155 e. The van der Waals surface area contributed by atoms with Crippen molar-refractivity contribution in [3.63, 3.8) is 0 Å². The van der Waals surface area contributed by atoms with Crippen LogP contribution in [0.3, 0.4) is 0 Å². The van der Waals surface area contributed by atoms with Gasteiger partial charge in [-0.3, -0.25) is 4.79 Å². The predicted octanol–water partition coefficient (Wildman–Crippen LogP) is 3.90. The molecule has 1 saturated heterocycles. The molecule has 0 aromatic rings. The molecule has 21 heavy (non-hydrogen) atoms. The molecule has 5 rings (SSSR count). The van der Waals surface area contributed by atoms with Crippen molar-refractivity contribution in [3.8, 4) is 0 Å². The molecule has 0 amide bonds. The van der Waals surface area contributed by atoms with Crippen molar-refractivity contribution in [2.45, 2.75) is 71.0 Å². The number of carbonyl (C=O) groups is 1. The van der Waals surface area contributed by atoms with E-state index in [0.29, 0.717) is 28.8 Å². The Morgan fingerprint density at radius 3 is 2.86 bits per heavy atom. The Hall–Kier alpha value is -0.630. The second-order valence-corrected chi connectivity index (χ2v) is 8.84. The molecular weight excluding hydrogens is 260 g/mol. The van der Waals surface area contributed by atoms with E-state index in [-0.39, 0.29) is 0 Å². The van der Waals surface area contributed by atoms with E-state index in [1.807, 2.05) is 6.08 Å². The Labute approximate surface area is 127 Å². The van der Waals surface area contributed by atoms with E-state index in [1.165, 1.54) is 37.7 Å². The molecule has 2 nitrogen and oxygen atoms in total. The molecule has 2 heteroatoms. The highest BCUT2D eigenvalue weighted by Crippen LogP contribution is 2.68. The maximum Gasteiger partial charge on any atom is 0.155 e. The third-order valence-corrected chi connectivity index (χ3v) is 8.12. The summed E-state index contributed by atoms with van der Waals surface area (Å²) in [6, 6.07) is 0. The fourth-order valence-corrected chi connectivity index (χ4v) is 6.86. The third kappa shape index (κ3) is 1.50. The van der Waals surface area contributed by atoms with Crippen LogP contribution in [0.4, 0.5) is 0 Å². The van der Waals surface area contributed by atoms with Gasteiger partial charge in [-0.1, -0.05) is 19.4 Å². The number of hydrogen-bond donors (Lipinski definition) is 0. The molecule has 0 aromatic carbocycles. The van der Waals surface area contributed by atoms with Gasteiger partial charge in [-0.15, -0.1) is 0 Å². The van der Waals surface area contributed by atoms with Crippen LogP contribution in [-0.2, 0) is 9.53 Å². The minimum absolute atomic E-state index is 0.325. The van der Waals surface area contributed by atoms with Crippen molar-refractivity contribution in [2.24, 2.45) is 28.6 Å². The lowest BCUT2D eigenvalue weighted by molar-refractivity contribution is -0.117. The van der Waals surface area contributed by atoms with E-state index in [9.17, 15) is 4.79 Å². The van der Waals surface area contributed by atoms with Gasteiger partial charge in [-0.2, -0.15) is 0 Å². The third-order valence-electron chi connectivity index (χ3n) is 8.12. The number of carbonyl (C=O) groups excluding carboxylic acids is 1. The summed E-state index contributed by atoms with van der Waals surface area (Å²) in [5.74, 6) is 2.96. The van der Waals surface area contributed by atoms with Crippen LogP contribution in [-0.4, -0.2) is 18.0 Å². The average molecular weight is 286 g/mol. The highest BCUT2D eigenvalue weighted by atomic mass is 16.6. The fraction of sp³-hybridized carbons (Fsp3) is 0.842. The molecule has 1 heterocycles. The first-order valence-corrected chi connectivity index (χ1v) is 8.92. The lowest BCUT2D eigenvalue weighted by Crippen LogP contribution is -2.50. The van der Waals surface area contributed by atoms with Crippen molar-refractivity contribution in [2.75, 3.05) is 0 Å². The average Bonchev–Trinajstić information content (AvgIpc) is 3.17. The van der Waals surface area contributed by atoms with Crippen molar-refractivity contribution in [1.82, 2.24) is 0 Å². The number of allylic oxidation sites excluding steroid dienone is 1. The van der Waals surface area contributed by atoms with E-state index in [0.717, 1.165) is 30.6 Å². The minimum Gasteiger partial charge on any atom is -0.369 e. The van der Waals surface area contributed by atoms with Crippen molar-refractivity contribution in [3.05, 3.63) is 11.6 Å². The van der Waals surface area contributed by atoms with Crippen LogP contribution in [0.2, 0.25) is 0 Å². The van der Waals surface area contributed by atoms with Gasteiger partial charge in [0.1, 0.15) is 0 Å². The summed E-state index contributed by atoms with van der Waals surface area (Å²) in [4.78, 5) is 11.8. The van der Waals surface area contributed by atoms with Gasteiger partial charge >= 0.3 is 0 Å². The fourth-order valence-electron chi connectivity index (χ4n) is 6.86. The molecule has 4 fully saturated rings. The zero-order valence-corrected chi connectivity index (χ0v) is 13.2. The zero-order chi connectivity index (χ0) is 14.4. The second kappa shape index (κ2) is 3.82. The van der Waals surface area contributed by atoms with Crippen molar-refractivity contribution < 1.29 is 9.53 Å². The molecule has 7 atom stereocenters. The zero-order valence-electron chi connectivity index (χ0n) is 13.2. The van der Waals surface area contributed by atoms with Crippen molar-refractivity contribution >= 4 is 5.78 Å². The van der Waals surface area contributed by atoms with E-state index < -0.39 is 0 Å². The van der Waals surface area contributed by atoms with Crippen LogP contribution in [0.1, 0.15) is 58.8 Å². The van der Waals surface area contributed by atoms with E-state index in [1.54, 1.807) is 0 Å². The molecule has 0 unspecified atom stereocenters. The highest BCUT2D eigenvalue weighted by Gasteiger charge is 2.67. The molecular formula is C19H26O2. The number of fused-ring (bicyclic) bond motifs is 7. The number of rotatable bonds is 0. The maximum absolute atomic E-state index is 11.8. The minimum atomic E-state index is 0.325. The van der Waals surface area contributed by atoms with Gasteiger partial charge in [0, 0.05) is 6.42 Å². The maximum atomic E-state index is 11.8. The second-order valence-electron chi connectivity index (χ2n) is 8.84. The topological polar surface area (TPSA) is 29.6 Å². The highest BCUT2D eigenvalue weighted by molar-refractivity contribution is 5.91. The van der Waals surface area contributed by atoms with Gasteiger partial charge in [0.25, 0.3) is 0 Å². The molecule has 5 aliphatic rings. The summed E-state index contributed by atoms with van der Waals surface area (Å²) < 4.78 is 5.89. The Morgan fingerprint density at radius 1 is 1.14 bits per heavy atom. The Kier molecular flexibility index (Phi) is 2.34.